The lowest BCUT2D eigenvalue weighted by Gasteiger charge is -2.37. The van der Waals surface area contributed by atoms with E-state index in [1.165, 1.54) is 12.1 Å². The van der Waals surface area contributed by atoms with Crippen LogP contribution >= 0.6 is 23.2 Å². The van der Waals surface area contributed by atoms with Crippen LogP contribution in [0.2, 0.25) is 10.0 Å². The topological polar surface area (TPSA) is 86.9 Å². The fourth-order valence-electron chi connectivity index (χ4n) is 2.96. The normalized spacial score (nSPS) is 14.4. The van der Waals surface area contributed by atoms with Gasteiger partial charge in [-0.3, -0.25) is 10.1 Å². The van der Waals surface area contributed by atoms with Crippen molar-refractivity contribution in [3.63, 3.8) is 0 Å². The molecule has 0 saturated carbocycles. The molecule has 3 rings (SSSR count). The van der Waals surface area contributed by atoms with Crippen LogP contribution in [0.5, 0.6) is 0 Å². The SMILES string of the molecule is O=C(O)c1ccc(N2CCN(c3ccc(Cl)c(Cl)c3)CC2)c([N+](=O)[O-])c1. The largest absolute Gasteiger partial charge is 0.478 e. The highest BCUT2D eigenvalue weighted by Crippen LogP contribution is 2.32. The van der Waals surface area contributed by atoms with Gasteiger partial charge in [-0.1, -0.05) is 23.2 Å². The molecule has 0 atom stereocenters. The first-order chi connectivity index (χ1) is 12.4. The van der Waals surface area contributed by atoms with E-state index in [4.69, 9.17) is 28.3 Å². The van der Waals surface area contributed by atoms with Gasteiger partial charge in [0.05, 0.1) is 20.5 Å². The second-order valence-electron chi connectivity index (χ2n) is 5.84. The zero-order chi connectivity index (χ0) is 18.8. The van der Waals surface area contributed by atoms with E-state index in [0.29, 0.717) is 41.9 Å². The van der Waals surface area contributed by atoms with Crippen molar-refractivity contribution >= 4 is 46.2 Å². The second kappa shape index (κ2) is 7.39. The third-order valence-electron chi connectivity index (χ3n) is 4.31. The average Bonchev–Trinajstić information content (AvgIpc) is 2.63. The summed E-state index contributed by atoms with van der Waals surface area (Å²) in [5.41, 5.74) is 1.06. The molecule has 136 valence electrons. The summed E-state index contributed by atoms with van der Waals surface area (Å²) >= 11 is 12.0. The molecule has 1 aliphatic heterocycles. The lowest BCUT2D eigenvalue weighted by molar-refractivity contribution is -0.384. The molecule has 1 N–H and O–H groups in total. The third-order valence-corrected chi connectivity index (χ3v) is 5.05. The number of nitro benzene ring substituents is 1. The van der Waals surface area contributed by atoms with Gasteiger partial charge in [0.1, 0.15) is 5.69 Å². The van der Waals surface area contributed by atoms with E-state index >= 15 is 0 Å². The van der Waals surface area contributed by atoms with Crippen molar-refractivity contribution in [2.24, 2.45) is 0 Å². The van der Waals surface area contributed by atoms with Crippen LogP contribution in [0, 0.1) is 10.1 Å². The highest BCUT2D eigenvalue weighted by Gasteiger charge is 2.25. The molecule has 0 amide bonds. The number of carboxylic acids is 1. The number of carboxylic acid groups (broad SMARTS) is 1. The lowest BCUT2D eigenvalue weighted by Crippen LogP contribution is -2.46. The molecule has 2 aromatic carbocycles. The molecular formula is C17H15Cl2N3O4. The van der Waals surface area contributed by atoms with E-state index in [2.05, 4.69) is 4.90 Å². The molecule has 1 aliphatic rings. The van der Waals surface area contributed by atoms with Crippen LogP contribution in [0.3, 0.4) is 0 Å². The molecule has 0 unspecified atom stereocenters. The fourth-order valence-corrected chi connectivity index (χ4v) is 3.25. The van der Waals surface area contributed by atoms with Crippen molar-refractivity contribution in [3.05, 3.63) is 62.1 Å². The Bertz CT molecular complexity index is 867. The minimum absolute atomic E-state index is 0.102. The van der Waals surface area contributed by atoms with Crippen molar-refractivity contribution in [2.75, 3.05) is 36.0 Å². The Morgan fingerprint density at radius 1 is 1.00 bits per heavy atom. The van der Waals surface area contributed by atoms with Gasteiger partial charge in [-0.05, 0) is 30.3 Å². The van der Waals surface area contributed by atoms with Gasteiger partial charge in [0.25, 0.3) is 5.69 Å². The summed E-state index contributed by atoms with van der Waals surface area (Å²) in [5, 5.41) is 21.3. The molecule has 9 heteroatoms. The van der Waals surface area contributed by atoms with Crippen molar-refractivity contribution in [1.29, 1.82) is 0 Å². The maximum Gasteiger partial charge on any atom is 0.335 e. The van der Waals surface area contributed by atoms with E-state index in [9.17, 15) is 14.9 Å². The van der Waals surface area contributed by atoms with Crippen molar-refractivity contribution < 1.29 is 14.8 Å². The Morgan fingerprint density at radius 3 is 2.23 bits per heavy atom. The van der Waals surface area contributed by atoms with Crippen LogP contribution in [0.1, 0.15) is 10.4 Å². The minimum Gasteiger partial charge on any atom is -0.478 e. The Kier molecular flexibility index (Phi) is 5.20. The number of carbonyl (C=O) groups is 1. The molecule has 0 aliphatic carbocycles. The summed E-state index contributed by atoms with van der Waals surface area (Å²) in [6.45, 7) is 2.42. The standard InChI is InChI=1S/C17H15Cl2N3O4/c18-13-3-2-12(10-14(13)19)20-5-7-21(8-6-20)15-4-1-11(17(23)24)9-16(15)22(25)26/h1-4,9-10H,5-8H2,(H,23,24). The fraction of sp³-hybridized carbons (Fsp3) is 0.235. The maximum absolute atomic E-state index is 11.3. The van der Waals surface area contributed by atoms with Crippen molar-refractivity contribution in [1.82, 2.24) is 0 Å². The van der Waals surface area contributed by atoms with E-state index in [0.717, 1.165) is 11.8 Å². The van der Waals surface area contributed by atoms with Crippen LogP contribution in [0.15, 0.2) is 36.4 Å². The molecule has 7 nitrogen and oxygen atoms in total. The maximum atomic E-state index is 11.3. The van der Waals surface area contributed by atoms with E-state index in [1.54, 1.807) is 12.1 Å². The lowest BCUT2D eigenvalue weighted by atomic mass is 10.1. The molecule has 0 aromatic heterocycles. The predicted molar refractivity (Wildman–Crippen MR) is 101 cm³/mol. The molecule has 2 aromatic rings. The monoisotopic (exact) mass is 395 g/mol. The third kappa shape index (κ3) is 3.68. The first kappa shape index (κ1) is 18.3. The summed E-state index contributed by atoms with van der Waals surface area (Å²) in [6.07, 6.45) is 0. The van der Waals surface area contributed by atoms with Crippen molar-refractivity contribution in [2.45, 2.75) is 0 Å². The molecule has 0 bridgehead atoms. The number of benzene rings is 2. The summed E-state index contributed by atoms with van der Waals surface area (Å²) in [4.78, 5) is 25.9. The summed E-state index contributed by atoms with van der Waals surface area (Å²) in [6, 6.07) is 9.40. The van der Waals surface area contributed by atoms with Gasteiger partial charge in [-0.15, -0.1) is 0 Å². The number of anilines is 2. The summed E-state index contributed by atoms with van der Waals surface area (Å²) in [7, 11) is 0. The molecule has 0 radical (unpaired) electrons. The van der Waals surface area contributed by atoms with Gasteiger partial charge < -0.3 is 14.9 Å². The number of piperazine rings is 1. The predicted octanol–water partition coefficient (Wildman–Crippen LogP) is 3.93. The number of halogens is 2. The minimum atomic E-state index is -1.19. The van der Waals surface area contributed by atoms with Crippen LogP contribution in [0.4, 0.5) is 17.1 Å². The molecule has 0 spiro atoms. The Morgan fingerprint density at radius 2 is 1.65 bits per heavy atom. The zero-order valence-electron chi connectivity index (χ0n) is 13.6. The smallest absolute Gasteiger partial charge is 0.335 e. The zero-order valence-corrected chi connectivity index (χ0v) is 15.1. The van der Waals surface area contributed by atoms with E-state index in [-0.39, 0.29) is 11.3 Å². The summed E-state index contributed by atoms with van der Waals surface area (Å²) < 4.78 is 0. The van der Waals surface area contributed by atoms with Crippen LogP contribution in [-0.4, -0.2) is 42.2 Å². The van der Waals surface area contributed by atoms with Crippen LogP contribution in [0.25, 0.3) is 0 Å². The number of aromatic carboxylic acids is 1. The first-order valence-corrected chi connectivity index (χ1v) is 8.59. The van der Waals surface area contributed by atoms with Crippen LogP contribution < -0.4 is 9.80 Å². The number of hydrogen-bond donors (Lipinski definition) is 1. The molecule has 26 heavy (non-hydrogen) atoms. The molecule has 1 saturated heterocycles. The average molecular weight is 396 g/mol. The van der Waals surface area contributed by atoms with Gasteiger partial charge in [0.15, 0.2) is 0 Å². The van der Waals surface area contributed by atoms with E-state index < -0.39 is 10.9 Å². The number of rotatable bonds is 4. The quantitative estimate of drug-likeness (QED) is 0.623. The molecule has 1 heterocycles. The van der Waals surface area contributed by atoms with Gasteiger partial charge in [-0.2, -0.15) is 0 Å². The number of nitro groups is 1. The Labute approximate surface area is 159 Å². The Balaban J connectivity index is 1.78. The van der Waals surface area contributed by atoms with Gasteiger partial charge in [0, 0.05) is 37.9 Å². The highest BCUT2D eigenvalue weighted by atomic mass is 35.5. The first-order valence-electron chi connectivity index (χ1n) is 7.83. The Hall–Kier alpha value is -2.51. The van der Waals surface area contributed by atoms with E-state index in [1.807, 2.05) is 11.0 Å². The molecule has 1 fully saturated rings. The highest BCUT2D eigenvalue weighted by molar-refractivity contribution is 6.42. The van der Waals surface area contributed by atoms with Crippen LogP contribution in [-0.2, 0) is 0 Å². The number of nitrogens with zero attached hydrogens (tertiary/aromatic N) is 3. The summed E-state index contributed by atoms with van der Waals surface area (Å²) in [5.74, 6) is -1.19. The van der Waals surface area contributed by atoms with Crippen molar-refractivity contribution in [3.8, 4) is 0 Å². The van der Waals surface area contributed by atoms with Gasteiger partial charge >= 0.3 is 5.97 Å². The second-order valence-corrected chi connectivity index (χ2v) is 6.65. The number of hydrogen-bond acceptors (Lipinski definition) is 5. The van der Waals surface area contributed by atoms with Gasteiger partial charge in [-0.25, -0.2) is 4.79 Å². The molecular weight excluding hydrogens is 381 g/mol. The van der Waals surface area contributed by atoms with Gasteiger partial charge in [0.2, 0.25) is 0 Å².